The quantitative estimate of drug-likeness (QED) is 0.765. The molecule has 0 aliphatic heterocycles. The zero-order valence-electron chi connectivity index (χ0n) is 10.0. The Labute approximate surface area is 102 Å². The maximum Gasteiger partial charge on any atom is 0.123 e. The van der Waals surface area contributed by atoms with E-state index in [-0.39, 0.29) is 11.9 Å². The first kappa shape index (κ1) is 12.1. The highest BCUT2D eigenvalue weighted by atomic mass is 19.1. The minimum atomic E-state index is -0.208. The van der Waals surface area contributed by atoms with Crippen LogP contribution in [0.3, 0.4) is 0 Å². The van der Waals surface area contributed by atoms with Crippen molar-refractivity contribution in [1.82, 2.24) is 0 Å². The molecule has 1 nitrogen and oxygen atoms in total. The molecule has 0 aromatic heterocycles. The minimum Gasteiger partial charge on any atom is -0.369 e. The van der Waals surface area contributed by atoms with Crippen molar-refractivity contribution < 1.29 is 9.13 Å². The van der Waals surface area contributed by atoms with Gasteiger partial charge in [-0.3, -0.25) is 0 Å². The average molecular weight is 232 g/mol. The van der Waals surface area contributed by atoms with E-state index in [1.54, 1.807) is 6.07 Å². The van der Waals surface area contributed by atoms with Gasteiger partial charge in [-0.2, -0.15) is 0 Å². The third-order valence-electron chi connectivity index (χ3n) is 2.88. The van der Waals surface area contributed by atoms with Gasteiger partial charge in [0.2, 0.25) is 0 Å². The summed E-state index contributed by atoms with van der Waals surface area (Å²) in [5.74, 6) is -0.208. The SMILES string of the molecule is CC1=CC=CC(OCc2cccc(F)c2)CC1. The zero-order chi connectivity index (χ0) is 12.1. The highest BCUT2D eigenvalue weighted by Crippen LogP contribution is 2.16. The predicted molar refractivity (Wildman–Crippen MR) is 67.1 cm³/mol. The molecule has 0 heterocycles. The largest absolute Gasteiger partial charge is 0.369 e. The fourth-order valence-corrected chi connectivity index (χ4v) is 1.86. The molecule has 0 bridgehead atoms. The van der Waals surface area contributed by atoms with Crippen LogP contribution in [-0.4, -0.2) is 6.10 Å². The molecule has 0 radical (unpaired) electrons. The van der Waals surface area contributed by atoms with Crippen LogP contribution in [0.4, 0.5) is 4.39 Å². The standard InChI is InChI=1S/C15H17FO/c1-12-4-2-7-15(9-8-12)17-11-13-5-3-6-14(16)10-13/h2-7,10,15H,8-9,11H2,1H3. The van der Waals surface area contributed by atoms with E-state index in [0.717, 1.165) is 18.4 Å². The highest BCUT2D eigenvalue weighted by Gasteiger charge is 2.08. The van der Waals surface area contributed by atoms with Crippen LogP contribution >= 0.6 is 0 Å². The summed E-state index contributed by atoms with van der Waals surface area (Å²) in [7, 11) is 0. The van der Waals surface area contributed by atoms with Gasteiger partial charge in [0, 0.05) is 0 Å². The molecule has 2 rings (SSSR count). The van der Waals surface area contributed by atoms with Crippen molar-refractivity contribution in [3.05, 3.63) is 59.4 Å². The Morgan fingerprint density at radius 2 is 2.29 bits per heavy atom. The number of hydrogen-bond acceptors (Lipinski definition) is 1. The van der Waals surface area contributed by atoms with Crippen molar-refractivity contribution in [2.75, 3.05) is 0 Å². The molecule has 0 spiro atoms. The summed E-state index contributed by atoms with van der Waals surface area (Å²) in [5.41, 5.74) is 2.26. The molecule has 0 fully saturated rings. The molecule has 0 N–H and O–H groups in total. The molecule has 1 unspecified atom stereocenters. The van der Waals surface area contributed by atoms with E-state index in [0.29, 0.717) is 6.61 Å². The Bertz CT molecular complexity index is 434. The normalized spacial score (nSPS) is 19.9. The second-order valence-electron chi connectivity index (χ2n) is 4.42. The monoisotopic (exact) mass is 232 g/mol. The number of benzene rings is 1. The van der Waals surface area contributed by atoms with Gasteiger partial charge in [-0.05, 0) is 37.5 Å². The van der Waals surface area contributed by atoms with Crippen molar-refractivity contribution in [3.63, 3.8) is 0 Å². The fraction of sp³-hybridized carbons (Fsp3) is 0.333. The molecule has 0 saturated carbocycles. The summed E-state index contributed by atoms with van der Waals surface area (Å²) >= 11 is 0. The first-order valence-corrected chi connectivity index (χ1v) is 5.94. The number of ether oxygens (including phenoxy) is 1. The van der Waals surface area contributed by atoms with Crippen molar-refractivity contribution in [1.29, 1.82) is 0 Å². The van der Waals surface area contributed by atoms with Gasteiger partial charge in [-0.15, -0.1) is 0 Å². The first-order chi connectivity index (χ1) is 8.24. The van der Waals surface area contributed by atoms with E-state index in [1.807, 2.05) is 12.1 Å². The van der Waals surface area contributed by atoms with Gasteiger partial charge in [0.1, 0.15) is 5.82 Å². The van der Waals surface area contributed by atoms with Gasteiger partial charge in [-0.1, -0.05) is 35.9 Å². The van der Waals surface area contributed by atoms with Gasteiger partial charge < -0.3 is 4.74 Å². The molecule has 90 valence electrons. The molecular weight excluding hydrogens is 215 g/mol. The second-order valence-corrected chi connectivity index (χ2v) is 4.42. The van der Waals surface area contributed by atoms with Gasteiger partial charge in [0.15, 0.2) is 0 Å². The molecule has 17 heavy (non-hydrogen) atoms. The topological polar surface area (TPSA) is 9.23 Å². The van der Waals surface area contributed by atoms with Crippen LogP contribution < -0.4 is 0 Å². The second kappa shape index (κ2) is 5.78. The van der Waals surface area contributed by atoms with Gasteiger partial charge in [0.05, 0.1) is 12.7 Å². The van der Waals surface area contributed by atoms with Crippen LogP contribution in [0.15, 0.2) is 48.1 Å². The molecule has 1 aliphatic rings. The number of hydrogen-bond donors (Lipinski definition) is 0. The van der Waals surface area contributed by atoms with Gasteiger partial charge in [0.25, 0.3) is 0 Å². The van der Waals surface area contributed by atoms with Crippen LogP contribution in [0.5, 0.6) is 0 Å². The van der Waals surface area contributed by atoms with E-state index < -0.39 is 0 Å². The summed E-state index contributed by atoms with van der Waals surface area (Å²) in [6.07, 6.45) is 8.40. The van der Waals surface area contributed by atoms with Crippen molar-refractivity contribution in [2.24, 2.45) is 0 Å². The molecule has 2 heteroatoms. The lowest BCUT2D eigenvalue weighted by Crippen LogP contribution is -2.09. The minimum absolute atomic E-state index is 0.131. The average Bonchev–Trinajstić information content (AvgIpc) is 2.52. The molecule has 1 aromatic rings. The lowest BCUT2D eigenvalue weighted by atomic mass is 10.1. The Balaban J connectivity index is 1.87. The summed E-state index contributed by atoms with van der Waals surface area (Å²) in [4.78, 5) is 0. The summed E-state index contributed by atoms with van der Waals surface area (Å²) in [6, 6.07) is 6.56. The van der Waals surface area contributed by atoms with Crippen LogP contribution in [0.1, 0.15) is 25.3 Å². The van der Waals surface area contributed by atoms with E-state index >= 15 is 0 Å². The lowest BCUT2D eigenvalue weighted by molar-refractivity contribution is 0.0670. The molecule has 0 amide bonds. The fourth-order valence-electron chi connectivity index (χ4n) is 1.86. The van der Waals surface area contributed by atoms with Crippen LogP contribution in [-0.2, 0) is 11.3 Å². The van der Waals surface area contributed by atoms with Crippen LogP contribution in [0.25, 0.3) is 0 Å². The van der Waals surface area contributed by atoms with Crippen molar-refractivity contribution in [3.8, 4) is 0 Å². The molecule has 0 saturated heterocycles. The Kier molecular flexibility index (Phi) is 4.10. The maximum absolute atomic E-state index is 13.0. The summed E-state index contributed by atoms with van der Waals surface area (Å²) < 4.78 is 18.7. The van der Waals surface area contributed by atoms with E-state index in [1.165, 1.54) is 17.7 Å². The summed E-state index contributed by atoms with van der Waals surface area (Å²) in [6.45, 7) is 2.59. The smallest absolute Gasteiger partial charge is 0.123 e. The van der Waals surface area contributed by atoms with Crippen molar-refractivity contribution in [2.45, 2.75) is 32.5 Å². The zero-order valence-corrected chi connectivity index (χ0v) is 10.0. The third-order valence-corrected chi connectivity index (χ3v) is 2.88. The summed E-state index contributed by atoms with van der Waals surface area (Å²) in [5, 5.41) is 0. The van der Waals surface area contributed by atoms with Crippen LogP contribution in [0.2, 0.25) is 0 Å². The predicted octanol–water partition coefficient (Wildman–Crippen LogP) is 4.01. The van der Waals surface area contributed by atoms with Gasteiger partial charge in [-0.25, -0.2) is 4.39 Å². The maximum atomic E-state index is 13.0. The molecule has 1 aliphatic carbocycles. The first-order valence-electron chi connectivity index (χ1n) is 5.94. The number of allylic oxidation sites excluding steroid dienone is 3. The van der Waals surface area contributed by atoms with Gasteiger partial charge >= 0.3 is 0 Å². The number of rotatable bonds is 3. The molecular formula is C15H17FO. The number of halogens is 1. The Hall–Kier alpha value is -1.41. The van der Waals surface area contributed by atoms with E-state index in [9.17, 15) is 4.39 Å². The molecule has 1 aromatic carbocycles. The third kappa shape index (κ3) is 3.82. The Morgan fingerprint density at radius 1 is 1.41 bits per heavy atom. The molecule has 1 atom stereocenters. The van der Waals surface area contributed by atoms with Crippen molar-refractivity contribution >= 4 is 0 Å². The lowest BCUT2D eigenvalue weighted by Gasteiger charge is -2.13. The van der Waals surface area contributed by atoms with Crippen LogP contribution in [0, 0.1) is 5.82 Å². The van der Waals surface area contributed by atoms with E-state index in [2.05, 4.69) is 19.1 Å². The van der Waals surface area contributed by atoms with E-state index in [4.69, 9.17) is 4.74 Å². The Morgan fingerprint density at radius 3 is 3.12 bits per heavy atom. The highest BCUT2D eigenvalue weighted by molar-refractivity contribution is 5.17.